The molecule has 0 aliphatic carbocycles. The van der Waals surface area contributed by atoms with Crippen LogP contribution in [0.4, 0.5) is 0 Å². The highest BCUT2D eigenvalue weighted by Crippen LogP contribution is 2.25. The van der Waals surface area contributed by atoms with Crippen molar-refractivity contribution in [3.63, 3.8) is 0 Å². The van der Waals surface area contributed by atoms with Crippen molar-refractivity contribution in [3.8, 4) is 5.88 Å². The molecule has 0 spiro atoms. The van der Waals surface area contributed by atoms with Gasteiger partial charge >= 0.3 is 0 Å². The molecular weight excluding hydrogens is 320 g/mol. The zero-order valence-electron chi connectivity index (χ0n) is 13.7. The van der Waals surface area contributed by atoms with Crippen molar-refractivity contribution >= 4 is 17.5 Å². The van der Waals surface area contributed by atoms with Gasteiger partial charge in [0.2, 0.25) is 5.88 Å². The van der Waals surface area contributed by atoms with Crippen LogP contribution in [0.2, 0.25) is 5.02 Å². The van der Waals surface area contributed by atoms with Gasteiger partial charge in [-0.25, -0.2) is 4.98 Å². The Bertz CT molecular complexity index is 545. The van der Waals surface area contributed by atoms with E-state index in [9.17, 15) is 4.79 Å². The summed E-state index contributed by atoms with van der Waals surface area (Å²) >= 11 is 6.11. The Labute approximate surface area is 141 Å². The molecular formula is C16H23ClN2O4. The highest BCUT2D eigenvalue weighted by Gasteiger charge is 2.33. The average molecular weight is 343 g/mol. The Kier molecular flexibility index (Phi) is 6.21. The molecule has 0 saturated carbocycles. The summed E-state index contributed by atoms with van der Waals surface area (Å²) in [4.78, 5) is 16.4. The smallest absolute Gasteiger partial charge is 0.253 e. The first-order valence-corrected chi connectivity index (χ1v) is 8.07. The van der Waals surface area contributed by atoms with Crippen LogP contribution in [-0.2, 0) is 9.47 Å². The largest absolute Gasteiger partial charge is 0.474 e. The number of carbonyl (C=O) groups excluding carboxylic acids is 1. The summed E-state index contributed by atoms with van der Waals surface area (Å²) in [5.74, 6) is 0.0921. The summed E-state index contributed by atoms with van der Waals surface area (Å²) in [7, 11) is 1.66. The van der Waals surface area contributed by atoms with Gasteiger partial charge in [0.15, 0.2) is 0 Å². The third-order valence-electron chi connectivity index (χ3n) is 3.83. The first-order valence-electron chi connectivity index (χ1n) is 7.69. The Morgan fingerprint density at radius 2 is 2.17 bits per heavy atom. The predicted octanol–water partition coefficient (Wildman–Crippen LogP) is 2.45. The SMILES string of the molecule is COC1(CNC(=O)c2cnc(OC(C)C)c(Cl)c2)CCOCC1. The van der Waals surface area contributed by atoms with Crippen molar-refractivity contribution in [1.82, 2.24) is 10.3 Å². The van der Waals surface area contributed by atoms with Crippen molar-refractivity contribution in [3.05, 3.63) is 22.8 Å². The number of nitrogens with one attached hydrogen (secondary N) is 1. The molecule has 0 aromatic carbocycles. The predicted molar refractivity (Wildman–Crippen MR) is 87.1 cm³/mol. The van der Waals surface area contributed by atoms with Crippen LogP contribution in [0.15, 0.2) is 12.3 Å². The van der Waals surface area contributed by atoms with Gasteiger partial charge in [-0.3, -0.25) is 4.79 Å². The number of carbonyl (C=O) groups is 1. The highest BCUT2D eigenvalue weighted by atomic mass is 35.5. The van der Waals surface area contributed by atoms with E-state index in [0.717, 1.165) is 12.8 Å². The molecule has 1 saturated heterocycles. The lowest BCUT2D eigenvalue weighted by atomic mass is 9.94. The van der Waals surface area contributed by atoms with E-state index in [-0.39, 0.29) is 17.6 Å². The molecule has 6 nitrogen and oxygen atoms in total. The summed E-state index contributed by atoms with van der Waals surface area (Å²) in [6.45, 7) is 5.47. The third-order valence-corrected chi connectivity index (χ3v) is 4.10. The Morgan fingerprint density at radius 1 is 1.48 bits per heavy atom. The zero-order valence-corrected chi connectivity index (χ0v) is 14.5. The fourth-order valence-electron chi connectivity index (χ4n) is 2.40. The number of hydrogen-bond acceptors (Lipinski definition) is 5. The van der Waals surface area contributed by atoms with Gasteiger partial charge in [-0.1, -0.05) is 11.6 Å². The lowest BCUT2D eigenvalue weighted by Gasteiger charge is -2.35. The molecule has 1 aliphatic rings. The minimum absolute atomic E-state index is 0.0326. The van der Waals surface area contributed by atoms with Crippen LogP contribution < -0.4 is 10.1 Å². The minimum atomic E-state index is -0.369. The maximum absolute atomic E-state index is 12.3. The van der Waals surface area contributed by atoms with Gasteiger partial charge < -0.3 is 19.5 Å². The molecule has 0 atom stereocenters. The van der Waals surface area contributed by atoms with Gasteiger partial charge in [0, 0.05) is 45.9 Å². The van der Waals surface area contributed by atoms with E-state index < -0.39 is 0 Å². The Morgan fingerprint density at radius 3 is 2.74 bits per heavy atom. The van der Waals surface area contributed by atoms with Crippen LogP contribution in [0.25, 0.3) is 0 Å². The number of halogens is 1. The molecule has 0 unspecified atom stereocenters. The number of rotatable bonds is 6. The number of ether oxygens (including phenoxy) is 3. The van der Waals surface area contributed by atoms with E-state index in [2.05, 4.69) is 10.3 Å². The summed E-state index contributed by atoms with van der Waals surface area (Å²) in [6, 6.07) is 1.56. The molecule has 0 radical (unpaired) electrons. The molecule has 1 aromatic rings. The first kappa shape index (κ1) is 18.0. The van der Waals surface area contributed by atoms with Gasteiger partial charge in [-0.05, 0) is 19.9 Å². The number of nitrogens with zero attached hydrogens (tertiary/aromatic N) is 1. The van der Waals surface area contributed by atoms with Gasteiger partial charge in [-0.2, -0.15) is 0 Å². The van der Waals surface area contributed by atoms with E-state index in [1.807, 2.05) is 13.8 Å². The van der Waals surface area contributed by atoms with Crippen molar-refractivity contribution in [2.75, 3.05) is 26.9 Å². The molecule has 23 heavy (non-hydrogen) atoms. The third kappa shape index (κ3) is 4.80. The average Bonchev–Trinajstić information content (AvgIpc) is 2.55. The minimum Gasteiger partial charge on any atom is -0.474 e. The van der Waals surface area contributed by atoms with Crippen LogP contribution in [0.1, 0.15) is 37.0 Å². The van der Waals surface area contributed by atoms with Crippen LogP contribution >= 0.6 is 11.6 Å². The van der Waals surface area contributed by atoms with E-state index in [1.165, 1.54) is 6.20 Å². The number of amides is 1. The lowest BCUT2D eigenvalue weighted by Crippen LogP contribution is -2.48. The van der Waals surface area contributed by atoms with E-state index in [4.69, 9.17) is 25.8 Å². The second kappa shape index (κ2) is 7.95. The van der Waals surface area contributed by atoms with E-state index >= 15 is 0 Å². The zero-order chi connectivity index (χ0) is 16.9. The fourth-order valence-corrected chi connectivity index (χ4v) is 2.61. The van der Waals surface area contributed by atoms with Crippen molar-refractivity contribution < 1.29 is 19.0 Å². The van der Waals surface area contributed by atoms with Crippen molar-refractivity contribution in [1.29, 1.82) is 0 Å². The summed E-state index contributed by atoms with van der Waals surface area (Å²) in [6.07, 6.45) is 2.94. The molecule has 1 aromatic heterocycles. The standard InChI is InChI=1S/C16H23ClN2O4/c1-11(2)23-15-13(17)8-12(9-18-15)14(20)19-10-16(21-3)4-6-22-7-5-16/h8-9,11H,4-7,10H2,1-3H3,(H,19,20). The first-order chi connectivity index (χ1) is 11.0. The van der Waals surface area contributed by atoms with Crippen molar-refractivity contribution in [2.24, 2.45) is 0 Å². The molecule has 7 heteroatoms. The number of pyridine rings is 1. The lowest BCUT2D eigenvalue weighted by molar-refractivity contribution is -0.0864. The second-order valence-electron chi connectivity index (χ2n) is 5.86. The molecule has 1 amide bonds. The van der Waals surface area contributed by atoms with Crippen molar-refractivity contribution in [2.45, 2.75) is 38.4 Å². The molecule has 1 aliphatic heterocycles. The molecule has 128 valence electrons. The monoisotopic (exact) mass is 342 g/mol. The van der Waals surface area contributed by atoms with Crippen LogP contribution in [0.3, 0.4) is 0 Å². The Balaban J connectivity index is 1.99. The highest BCUT2D eigenvalue weighted by molar-refractivity contribution is 6.32. The van der Waals surface area contributed by atoms with Crippen LogP contribution in [0.5, 0.6) is 5.88 Å². The normalized spacial score (nSPS) is 17.1. The molecule has 2 rings (SSSR count). The van der Waals surface area contributed by atoms with Gasteiger partial charge in [0.25, 0.3) is 5.91 Å². The summed E-state index contributed by atoms with van der Waals surface area (Å²) in [5.41, 5.74) is 0.0238. The summed E-state index contributed by atoms with van der Waals surface area (Å²) in [5, 5.41) is 3.21. The maximum atomic E-state index is 12.3. The number of methoxy groups -OCH3 is 1. The Hall–Kier alpha value is -1.37. The second-order valence-corrected chi connectivity index (χ2v) is 6.27. The van der Waals surface area contributed by atoms with E-state index in [0.29, 0.717) is 36.2 Å². The van der Waals surface area contributed by atoms with Crippen LogP contribution in [0, 0.1) is 0 Å². The van der Waals surface area contributed by atoms with Gasteiger partial charge in [0.05, 0.1) is 17.3 Å². The number of hydrogen-bond donors (Lipinski definition) is 1. The van der Waals surface area contributed by atoms with Gasteiger partial charge in [0.1, 0.15) is 5.02 Å². The van der Waals surface area contributed by atoms with Crippen LogP contribution in [-0.4, -0.2) is 49.5 Å². The molecule has 2 heterocycles. The topological polar surface area (TPSA) is 69.7 Å². The molecule has 1 N–H and O–H groups in total. The molecule has 1 fully saturated rings. The fraction of sp³-hybridized carbons (Fsp3) is 0.625. The van der Waals surface area contributed by atoms with Gasteiger partial charge in [-0.15, -0.1) is 0 Å². The summed E-state index contributed by atoms with van der Waals surface area (Å²) < 4.78 is 16.4. The quantitative estimate of drug-likeness (QED) is 0.860. The van der Waals surface area contributed by atoms with E-state index in [1.54, 1.807) is 13.2 Å². The number of aromatic nitrogens is 1. The molecule has 0 bridgehead atoms. The maximum Gasteiger partial charge on any atom is 0.253 e.